The fraction of sp³-hybridized carbons (Fsp3) is 0.562. The highest BCUT2D eigenvalue weighted by molar-refractivity contribution is 5.74. The number of ether oxygens (including phenoxy) is 2. The molecule has 1 aromatic rings. The van der Waals surface area contributed by atoms with Gasteiger partial charge in [-0.1, -0.05) is 12.1 Å². The average Bonchev–Trinajstić information content (AvgIpc) is 3.02. The van der Waals surface area contributed by atoms with Crippen molar-refractivity contribution in [1.82, 2.24) is 10.2 Å². The third-order valence-electron chi connectivity index (χ3n) is 3.80. The van der Waals surface area contributed by atoms with E-state index in [-0.39, 0.29) is 30.5 Å². The van der Waals surface area contributed by atoms with Crippen molar-refractivity contribution in [3.05, 3.63) is 29.8 Å². The first-order chi connectivity index (χ1) is 11.2. The number of amides is 2. The molecule has 0 saturated carbocycles. The van der Waals surface area contributed by atoms with Crippen molar-refractivity contribution in [2.24, 2.45) is 0 Å². The van der Waals surface area contributed by atoms with E-state index in [0.717, 1.165) is 12.8 Å². The molecular formula is C16H21F3N2O3. The van der Waals surface area contributed by atoms with E-state index in [4.69, 9.17) is 4.74 Å². The SMILES string of the molecule is C[C@H](NC(=O)N(C)Cc1ccc(OC(F)(F)F)cc1)[C@H]1CCCO1. The summed E-state index contributed by atoms with van der Waals surface area (Å²) in [6.45, 7) is 2.88. The van der Waals surface area contributed by atoms with Crippen LogP contribution >= 0.6 is 0 Å². The summed E-state index contributed by atoms with van der Waals surface area (Å²) < 4.78 is 45.7. The molecule has 0 aliphatic carbocycles. The zero-order valence-electron chi connectivity index (χ0n) is 13.6. The van der Waals surface area contributed by atoms with Gasteiger partial charge in [-0.25, -0.2) is 4.79 Å². The van der Waals surface area contributed by atoms with Gasteiger partial charge in [0.2, 0.25) is 0 Å². The fourth-order valence-corrected chi connectivity index (χ4v) is 2.54. The van der Waals surface area contributed by atoms with Crippen molar-refractivity contribution in [1.29, 1.82) is 0 Å². The summed E-state index contributed by atoms with van der Waals surface area (Å²) in [6, 6.07) is 5.09. The molecule has 1 saturated heterocycles. The van der Waals surface area contributed by atoms with Crippen LogP contribution in [0, 0.1) is 0 Å². The third-order valence-corrected chi connectivity index (χ3v) is 3.80. The summed E-state index contributed by atoms with van der Waals surface area (Å²) in [4.78, 5) is 13.6. The zero-order valence-corrected chi connectivity index (χ0v) is 13.6. The molecule has 1 aliphatic heterocycles. The predicted molar refractivity (Wildman–Crippen MR) is 81.6 cm³/mol. The van der Waals surface area contributed by atoms with Crippen molar-refractivity contribution in [3.63, 3.8) is 0 Å². The summed E-state index contributed by atoms with van der Waals surface area (Å²) in [5, 5.41) is 2.87. The van der Waals surface area contributed by atoms with Gasteiger partial charge in [-0.3, -0.25) is 0 Å². The average molecular weight is 346 g/mol. The first-order valence-corrected chi connectivity index (χ1v) is 7.72. The maximum atomic E-state index is 12.2. The second-order valence-electron chi connectivity index (χ2n) is 5.84. The molecule has 5 nitrogen and oxygen atoms in total. The topological polar surface area (TPSA) is 50.8 Å². The van der Waals surface area contributed by atoms with E-state index in [2.05, 4.69) is 10.1 Å². The molecule has 2 amide bonds. The normalized spacial score (nSPS) is 19.0. The minimum Gasteiger partial charge on any atom is -0.406 e. The van der Waals surface area contributed by atoms with E-state index in [1.165, 1.54) is 29.2 Å². The van der Waals surface area contributed by atoms with E-state index in [9.17, 15) is 18.0 Å². The van der Waals surface area contributed by atoms with Crippen LogP contribution in [0.5, 0.6) is 5.75 Å². The van der Waals surface area contributed by atoms with Crippen LogP contribution in [0.3, 0.4) is 0 Å². The predicted octanol–water partition coefficient (Wildman–Crippen LogP) is 3.29. The smallest absolute Gasteiger partial charge is 0.406 e. The Balaban J connectivity index is 1.84. The molecule has 1 fully saturated rings. The quantitative estimate of drug-likeness (QED) is 0.890. The Kier molecular flexibility index (Phi) is 5.93. The lowest BCUT2D eigenvalue weighted by Gasteiger charge is -2.24. The summed E-state index contributed by atoms with van der Waals surface area (Å²) in [5.41, 5.74) is 0.701. The lowest BCUT2D eigenvalue weighted by molar-refractivity contribution is -0.274. The van der Waals surface area contributed by atoms with Crippen molar-refractivity contribution in [2.45, 2.75) is 44.8 Å². The highest BCUT2D eigenvalue weighted by atomic mass is 19.4. The molecule has 1 aromatic carbocycles. The Morgan fingerprint density at radius 3 is 2.62 bits per heavy atom. The van der Waals surface area contributed by atoms with Gasteiger partial charge in [0.1, 0.15) is 5.75 Å². The number of carbonyl (C=O) groups is 1. The number of halogens is 3. The summed E-state index contributed by atoms with van der Waals surface area (Å²) in [5.74, 6) is -0.287. The molecule has 24 heavy (non-hydrogen) atoms. The molecule has 0 unspecified atom stereocenters. The van der Waals surface area contributed by atoms with Gasteiger partial charge in [0.15, 0.2) is 0 Å². The van der Waals surface area contributed by atoms with Crippen LogP contribution < -0.4 is 10.1 Å². The molecule has 0 spiro atoms. The van der Waals surface area contributed by atoms with Crippen LogP contribution in [-0.2, 0) is 11.3 Å². The Bertz CT molecular complexity index is 542. The molecule has 2 rings (SSSR count). The van der Waals surface area contributed by atoms with Gasteiger partial charge in [0, 0.05) is 20.2 Å². The van der Waals surface area contributed by atoms with Crippen LogP contribution in [0.15, 0.2) is 24.3 Å². The van der Waals surface area contributed by atoms with Gasteiger partial charge in [0.25, 0.3) is 0 Å². The largest absolute Gasteiger partial charge is 0.573 e. The number of nitrogens with zero attached hydrogens (tertiary/aromatic N) is 1. The monoisotopic (exact) mass is 346 g/mol. The first kappa shape index (κ1) is 18.4. The molecule has 1 heterocycles. The summed E-state index contributed by atoms with van der Waals surface area (Å²) >= 11 is 0. The number of urea groups is 1. The Labute approximate surface area is 138 Å². The molecular weight excluding hydrogens is 325 g/mol. The van der Waals surface area contributed by atoms with Gasteiger partial charge in [-0.05, 0) is 37.5 Å². The summed E-state index contributed by atoms with van der Waals surface area (Å²) in [6.07, 6.45) is -2.77. The molecule has 1 aliphatic rings. The number of alkyl halides is 3. The molecule has 0 aromatic heterocycles. The second-order valence-corrected chi connectivity index (χ2v) is 5.84. The maximum Gasteiger partial charge on any atom is 0.573 e. The van der Waals surface area contributed by atoms with Crippen LogP contribution in [0.2, 0.25) is 0 Å². The lowest BCUT2D eigenvalue weighted by atomic mass is 10.1. The minimum absolute atomic E-state index is 0.0288. The molecule has 1 N–H and O–H groups in total. The first-order valence-electron chi connectivity index (χ1n) is 7.72. The Morgan fingerprint density at radius 2 is 2.08 bits per heavy atom. The van der Waals surface area contributed by atoms with E-state index in [1.54, 1.807) is 7.05 Å². The number of hydrogen-bond donors (Lipinski definition) is 1. The second kappa shape index (κ2) is 7.74. The number of benzene rings is 1. The maximum absolute atomic E-state index is 12.2. The highest BCUT2D eigenvalue weighted by Gasteiger charge is 2.31. The van der Waals surface area contributed by atoms with Gasteiger partial charge in [0.05, 0.1) is 12.1 Å². The molecule has 2 atom stereocenters. The fourth-order valence-electron chi connectivity index (χ4n) is 2.54. The number of rotatable bonds is 5. The molecule has 134 valence electrons. The van der Waals surface area contributed by atoms with Crippen molar-refractivity contribution in [3.8, 4) is 5.75 Å². The van der Waals surface area contributed by atoms with Gasteiger partial charge < -0.3 is 19.7 Å². The number of carbonyl (C=O) groups excluding carboxylic acids is 1. The van der Waals surface area contributed by atoms with Crippen molar-refractivity contribution >= 4 is 6.03 Å². The highest BCUT2D eigenvalue weighted by Crippen LogP contribution is 2.23. The van der Waals surface area contributed by atoms with Crippen LogP contribution in [0.4, 0.5) is 18.0 Å². The summed E-state index contributed by atoms with van der Waals surface area (Å²) in [7, 11) is 1.62. The van der Waals surface area contributed by atoms with E-state index in [0.29, 0.717) is 12.2 Å². The Hall–Kier alpha value is -1.96. The van der Waals surface area contributed by atoms with Crippen LogP contribution in [0.25, 0.3) is 0 Å². The van der Waals surface area contributed by atoms with Crippen LogP contribution in [-0.4, -0.2) is 43.1 Å². The molecule has 8 heteroatoms. The van der Waals surface area contributed by atoms with Crippen molar-refractivity contribution < 1.29 is 27.4 Å². The number of hydrogen-bond acceptors (Lipinski definition) is 3. The van der Waals surface area contributed by atoms with Gasteiger partial charge in [-0.2, -0.15) is 0 Å². The van der Waals surface area contributed by atoms with Gasteiger partial charge >= 0.3 is 12.4 Å². The standard InChI is InChI=1S/C16H21F3N2O3/c1-11(14-4-3-9-23-14)20-15(22)21(2)10-12-5-7-13(8-6-12)24-16(17,18)19/h5-8,11,14H,3-4,9-10H2,1-2H3,(H,20,22)/t11-,14+/m0/s1. The zero-order chi connectivity index (χ0) is 17.7. The van der Waals surface area contributed by atoms with E-state index in [1.807, 2.05) is 6.92 Å². The molecule has 0 bridgehead atoms. The molecule has 0 radical (unpaired) electrons. The van der Waals surface area contributed by atoms with E-state index >= 15 is 0 Å². The number of nitrogens with one attached hydrogen (secondary N) is 1. The van der Waals surface area contributed by atoms with Crippen molar-refractivity contribution in [2.75, 3.05) is 13.7 Å². The third kappa shape index (κ3) is 5.59. The van der Waals surface area contributed by atoms with E-state index < -0.39 is 6.36 Å². The minimum atomic E-state index is -4.71. The van der Waals surface area contributed by atoms with Gasteiger partial charge in [-0.15, -0.1) is 13.2 Å². The Morgan fingerprint density at radius 1 is 1.42 bits per heavy atom. The lowest BCUT2D eigenvalue weighted by Crippen LogP contribution is -2.46. The van der Waals surface area contributed by atoms with Crippen LogP contribution in [0.1, 0.15) is 25.3 Å².